The van der Waals surface area contributed by atoms with Crippen LogP contribution in [0, 0.1) is 12.8 Å². The van der Waals surface area contributed by atoms with Crippen molar-refractivity contribution in [1.29, 1.82) is 0 Å². The lowest BCUT2D eigenvalue weighted by atomic mass is 9.93. The molecule has 0 saturated carbocycles. The Morgan fingerprint density at radius 3 is 2.67 bits per heavy atom. The maximum Gasteiger partial charge on any atom is 0.265 e. The Balaban J connectivity index is 1.37. The van der Waals surface area contributed by atoms with Crippen LogP contribution in [0.4, 0.5) is 5.13 Å². The second kappa shape index (κ2) is 7.31. The second-order valence-electron chi connectivity index (χ2n) is 7.45. The first kappa shape index (κ1) is 18.0. The Bertz CT molecular complexity index is 919. The Labute approximate surface area is 163 Å². The number of nitrogens with one attached hydrogen (secondary N) is 1. The number of nitrogens with zero attached hydrogens (tertiary/aromatic N) is 4. The molecule has 6 nitrogen and oxygen atoms in total. The molecule has 0 aliphatic carbocycles. The van der Waals surface area contributed by atoms with Gasteiger partial charge in [-0.15, -0.1) is 0 Å². The number of hydrogen-bond donors (Lipinski definition) is 1. The number of hydrogen-bond acceptors (Lipinski definition) is 5. The van der Waals surface area contributed by atoms with E-state index >= 15 is 0 Å². The smallest absolute Gasteiger partial charge is 0.265 e. The molecule has 1 saturated heterocycles. The molecule has 0 spiro atoms. The number of aryl methyl sites for hydroxylation is 1. The number of aromatic amines is 1. The highest BCUT2D eigenvalue weighted by Crippen LogP contribution is 2.28. The standard InChI is InChI=1S/C20H25N5OS/c1-13-18(27-20(21-13)24(2)3)19(26)25-10-8-14(9-11-25)12-17-22-15-6-4-5-7-16(15)23-17/h4-7,14H,8-12H2,1-3H3,(H,22,23). The van der Waals surface area contributed by atoms with Crippen LogP contribution in [-0.4, -0.2) is 52.9 Å². The minimum Gasteiger partial charge on any atom is -0.354 e. The summed E-state index contributed by atoms with van der Waals surface area (Å²) in [5, 5.41) is 0.885. The Kier molecular flexibility index (Phi) is 4.86. The number of aromatic nitrogens is 3. The maximum absolute atomic E-state index is 12.9. The molecule has 1 fully saturated rings. The molecule has 0 radical (unpaired) electrons. The fraction of sp³-hybridized carbons (Fsp3) is 0.450. The van der Waals surface area contributed by atoms with Crippen LogP contribution in [0.5, 0.6) is 0 Å². The van der Waals surface area contributed by atoms with Crippen molar-refractivity contribution in [2.24, 2.45) is 5.92 Å². The number of piperidine rings is 1. The van der Waals surface area contributed by atoms with Gasteiger partial charge in [-0.25, -0.2) is 9.97 Å². The van der Waals surface area contributed by atoms with Crippen LogP contribution in [0.15, 0.2) is 24.3 Å². The number of thiazole rings is 1. The molecule has 4 rings (SSSR count). The number of benzene rings is 1. The topological polar surface area (TPSA) is 65.1 Å². The third-order valence-corrected chi connectivity index (χ3v) is 6.50. The minimum atomic E-state index is 0.125. The Morgan fingerprint density at radius 1 is 1.26 bits per heavy atom. The van der Waals surface area contributed by atoms with Crippen molar-refractivity contribution in [1.82, 2.24) is 19.9 Å². The average Bonchev–Trinajstić information content (AvgIpc) is 3.24. The van der Waals surface area contributed by atoms with Gasteiger partial charge >= 0.3 is 0 Å². The van der Waals surface area contributed by atoms with Crippen molar-refractivity contribution < 1.29 is 4.79 Å². The number of likely N-dealkylation sites (tertiary alicyclic amines) is 1. The summed E-state index contributed by atoms with van der Waals surface area (Å²) in [5.74, 6) is 1.74. The monoisotopic (exact) mass is 383 g/mol. The number of anilines is 1. The SMILES string of the molecule is Cc1nc(N(C)C)sc1C(=O)N1CCC(Cc2nc3ccccc3[nH]2)CC1. The van der Waals surface area contributed by atoms with Crippen molar-refractivity contribution in [2.75, 3.05) is 32.1 Å². The summed E-state index contributed by atoms with van der Waals surface area (Å²) >= 11 is 1.48. The number of para-hydroxylation sites is 2. The Morgan fingerprint density at radius 2 is 2.00 bits per heavy atom. The molecule has 7 heteroatoms. The number of fused-ring (bicyclic) bond motifs is 1. The van der Waals surface area contributed by atoms with E-state index in [1.807, 2.05) is 49.0 Å². The molecule has 1 aliphatic heterocycles. The minimum absolute atomic E-state index is 0.125. The quantitative estimate of drug-likeness (QED) is 0.749. The molecule has 142 valence electrons. The molecule has 0 bridgehead atoms. The van der Waals surface area contributed by atoms with Gasteiger partial charge in [0.05, 0.1) is 16.7 Å². The molecule has 3 aromatic rings. The van der Waals surface area contributed by atoms with E-state index in [9.17, 15) is 4.79 Å². The van der Waals surface area contributed by atoms with Gasteiger partial charge in [-0.3, -0.25) is 4.79 Å². The maximum atomic E-state index is 12.9. The van der Waals surface area contributed by atoms with E-state index in [-0.39, 0.29) is 5.91 Å². The van der Waals surface area contributed by atoms with E-state index in [2.05, 4.69) is 16.0 Å². The zero-order valence-corrected chi connectivity index (χ0v) is 16.8. The highest BCUT2D eigenvalue weighted by atomic mass is 32.1. The normalized spacial score (nSPS) is 15.4. The van der Waals surface area contributed by atoms with Crippen LogP contribution < -0.4 is 4.90 Å². The van der Waals surface area contributed by atoms with E-state index in [1.54, 1.807) is 0 Å². The number of amides is 1. The summed E-state index contributed by atoms with van der Waals surface area (Å²) in [6, 6.07) is 8.14. The molecule has 0 unspecified atom stereocenters. The van der Waals surface area contributed by atoms with Gasteiger partial charge in [0.15, 0.2) is 5.13 Å². The third kappa shape index (κ3) is 3.69. The second-order valence-corrected chi connectivity index (χ2v) is 8.42. The van der Waals surface area contributed by atoms with Crippen molar-refractivity contribution >= 4 is 33.4 Å². The summed E-state index contributed by atoms with van der Waals surface area (Å²) in [7, 11) is 3.91. The van der Waals surface area contributed by atoms with E-state index in [1.165, 1.54) is 11.3 Å². The predicted octanol–water partition coefficient (Wildman–Crippen LogP) is 3.49. The fourth-order valence-electron chi connectivity index (χ4n) is 3.63. The van der Waals surface area contributed by atoms with E-state index in [4.69, 9.17) is 4.98 Å². The summed E-state index contributed by atoms with van der Waals surface area (Å²) in [6.07, 6.45) is 2.98. The number of carbonyl (C=O) groups excluding carboxylic acids is 1. The highest BCUT2D eigenvalue weighted by molar-refractivity contribution is 7.17. The van der Waals surface area contributed by atoms with Gasteiger partial charge in [0.2, 0.25) is 0 Å². The molecular weight excluding hydrogens is 358 g/mol. The van der Waals surface area contributed by atoms with Crippen LogP contribution in [0.2, 0.25) is 0 Å². The first-order valence-electron chi connectivity index (χ1n) is 9.39. The van der Waals surface area contributed by atoms with Gasteiger partial charge < -0.3 is 14.8 Å². The van der Waals surface area contributed by atoms with Crippen LogP contribution in [-0.2, 0) is 6.42 Å². The zero-order chi connectivity index (χ0) is 19.0. The molecule has 27 heavy (non-hydrogen) atoms. The van der Waals surface area contributed by atoms with Gasteiger partial charge in [0.25, 0.3) is 5.91 Å². The zero-order valence-electron chi connectivity index (χ0n) is 16.0. The lowest BCUT2D eigenvalue weighted by Gasteiger charge is -2.31. The van der Waals surface area contributed by atoms with Crippen LogP contribution in [0.3, 0.4) is 0 Å². The van der Waals surface area contributed by atoms with Gasteiger partial charge in [0, 0.05) is 33.6 Å². The number of carbonyl (C=O) groups is 1. The third-order valence-electron chi connectivity index (χ3n) is 5.18. The van der Waals surface area contributed by atoms with Crippen molar-refractivity contribution in [3.8, 4) is 0 Å². The lowest BCUT2D eigenvalue weighted by Crippen LogP contribution is -2.38. The van der Waals surface area contributed by atoms with E-state index < -0.39 is 0 Å². The molecule has 1 N–H and O–H groups in total. The fourth-order valence-corrected chi connectivity index (χ4v) is 4.59. The van der Waals surface area contributed by atoms with Gasteiger partial charge in [0.1, 0.15) is 10.7 Å². The predicted molar refractivity (Wildman–Crippen MR) is 110 cm³/mol. The highest BCUT2D eigenvalue weighted by Gasteiger charge is 2.27. The number of rotatable bonds is 4. The number of imidazole rings is 1. The molecule has 0 atom stereocenters. The van der Waals surface area contributed by atoms with Gasteiger partial charge in [-0.05, 0) is 37.8 Å². The summed E-state index contributed by atoms with van der Waals surface area (Å²) in [5.41, 5.74) is 2.95. The molecule has 1 aromatic carbocycles. The van der Waals surface area contributed by atoms with Gasteiger partial charge in [-0.1, -0.05) is 23.5 Å². The summed E-state index contributed by atoms with van der Waals surface area (Å²) in [4.78, 5) is 30.2. The molecule has 2 aromatic heterocycles. The van der Waals surface area contributed by atoms with Crippen molar-refractivity contribution in [3.05, 3.63) is 40.7 Å². The molecule has 3 heterocycles. The first-order valence-corrected chi connectivity index (χ1v) is 10.2. The van der Waals surface area contributed by atoms with Crippen LogP contribution >= 0.6 is 11.3 Å². The molecule has 1 amide bonds. The summed E-state index contributed by atoms with van der Waals surface area (Å²) < 4.78 is 0. The molecular formula is C20H25N5OS. The first-order chi connectivity index (χ1) is 13.0. The van der Waals surface area contributed by atoms with Crippen LogP contribution in [0.1, 0.15) is 34.0 Å². The van der Waals surface area contributed by atoms with Gasteiger partial charge in [-0.2, -0.15) is 0 Å². The lowest BCUT2D eigenvalue weighted by molar-refractivity contribution is 0.0694. The van der Waals surface area contributed by atoms with Crippen molar-refractivity contribution in [3.63, 3.8) is 0 Å². The van der Waals surface area contributed by atoms with E-state index in [0.29, 0.717) is 5.92 Å². The summed E-state index contributed by atoms with van der Waals surface area (Å²) in [6.45, 7) is 3.53. The van der Waals surface area contributed by atoms with Crippen LogP contribution in [0.25, 0.3) is 11.0 Å². The Hall–Kier alpha value is -2.41. The average molecular weight is 384 g/mol. The number of H-pyrrole nitrogens is 1. The largest absolute Gasteiger partial charge is 0.354 e. The van der Waals surface area contributed by atoms with E-state index in [0.717, 1.165) is 64.9 Å². The molecule has 1 aliphatic rings. The van der Waals surface area contributed by atoms with Crippen molar-refractivity contribution in [2.45, 2.75) is 26.2 Å².